The highest BCUT2D eigenvalue weighted by Crippen LogP contribution is 2.32. The van der Waals surface area contributed by atoms with Gasteiger partial charge < -0.3 is 24.0 Å². The zero-order chi connectivity index (χ0) is 26.9. The number of morpholine rings is 1. The highest BCUT2D eigenvalue weighted by atomic mass is 16.6. The number of esters is 1. The molecule has 0 spiro atoms. The van der Waals surface area contributed by atoms with Gasteiger partial charge in [-0.25, -0.2) is 4.79 Å². The third-order valence-electron chi connectivity index (χ3n) is 7.01. The number of ether oxygens (including phenoxy) is 3. The van der Waals surface area contributed by atoms with Gasteiger partial charge in [0.2, 0.25) is 5.91 Å². The summed E-state index contributed by atoms with van der Waals surface area (Å²) in [5.41, 5.74) is 3.04. The molecule has 2 aromatic carbocycles. The first-order valence-electron chi connectivity index (χ1n) is 13.3. The number of hydrogen-bond acceptors (Lipinski definition) is 7. The Bertz CT molecular complexity index is 1060. The Morgan fingerprint density at radius 3 is 2.37 bits per heavy atom. The normalized spacial score (nSPS) is 16.9. The van der Waals surface area contributed by atoms with Gasteiger partial charge in [-0.2, -0.15) is 0 Å². The molecule has 38 heavy (non-hydrogen) atoms. The molecule has 0 N–H and O–H groups in total. The van der Waals surface area contributed by atoms with E-state index in [1.165, 1.54) is 4.90 Å². The van der Waals surface area contributed by atoms with E-state index >= 15 is 0 Å². The first-order valence-corrected chi connectivity index (χ1v) is 13.3. The molecule has 1 saturated carbocycles. The number of Topliss-reactive ketones (excluding diaryl/α,β-unsaturated/α-hetero) is 1. The van der Waals surface area contributed by atoms with Gasteiger partial charge in [0.1, 0.15) is 12.6 Å². The average molecular weight is 522 g/mol. The van der Waals surface area contributed by atoms with Crippen molar-refractivity contribution in [2.45, 2.75) is 44.9 Å². The van der Waals surface area contributed by atoms with Gasteiger partial charge >= 0.3 is 5.97 Å². The highest BCUT2D eigenvalue weighted by Gasteiger charge is 2.38. The second-order valence-electron chi connectivity index (χ2n) is 9.88. The van der Waals surface area contributed by atoms with E-state index in [9.17, 15) is 14.4 Å². The van der Waals surface area contributed by atoms with Gasteiger partial charge in [0, 0.05) is 31.7 Å². The van der Waals surface area contributed by atoms with E-state index in [4.69, 9.17) is 14.2 Å². The van der Waals surface area contributed by atoms with Crippen LogP contribution in [0.5, 0.6) is 0 Å². The second kappa shape index (κ2) is 13.5. The maximum Gasteiger partial charge on any atom is 0.335 e. The smallest absolute Gasteiger partial charge is 0.335 e. The van der Waals surface area contributed by atoms with Crippen LogP contribution in [-0.4, -0.2) is 74.7 Å². The van der Waals surface area contributed by atoms with Crippen LogP contribution in [0.3, 0.4) is 0 Å². The van der Waals surface area contributed by atoms with Gasteiger partial charge in [0.05, 0.1) is 26.2 Å². The number of rotatable bonds is 13. The molecule has 4 rings (SSSR count). The molecule has 1 aliphatic heterocycles. The van der Waals surface area contributed by atoms with Gasteiger partial charge in [-0.05, 0) is 49.4 Å². The summed E-state index contributed by atoms with van der Waals surface area (Å²) in [4.78, 5) is 42.1. The number of anilines is 1. The topological polar surface area (TPSA) is 85.4 Å². The zero-order valence-corrected chi connectivity index (χ0v) is 22.2. The Labute approximate surface area is 224 Å². The summed E-state index contributed by atoms with van der Waals surface area (Å²) in [6.07, 6.45) is 2.84. The largest absolute Gasteiger partial charge is 0.459 e. The molecule has 2 aromatic rings. The van der Waals surface area contributed by atoms with Gasteiger partial charge in [-0.1, -0.05) is 42.5 Å². The standard InChI is InChI=1S/C30H37N2O6/c1-22(30(35)38-20-24-6-4-3-5-7-24)37-21-27(29(34)25-11-12-25)31(2)28(33)15-10-23-8-13-26(14-9-23)32-16-18-36-19-17-32/h3-9,13-15,22,25,27H,10-12,16-21H2,1-2H3/t22-,27+/m1/s1. The maximum atomic E-state index is 13.0. The quantitative estimate of drug-likeness (QED) is 0.374. The van der Waals surface area contributed by atoms with Crippen molar-refractivity contribution < 1.29 is 28.6 Å². The molecule has 0 aromatic heterocycles. The van der Waals surface area contributed by atoms with Crippen molar-refractivity contribution >= 4 is 23.3 Å². The third kappa shape index (κ3) is 7.88. The lowest BCUT2D eigenvalue weighted by Gasteiger charge is -2.29. The maximum absolute atomic E-state index is 13.0. The van der Waals surface area contributed by atoms with Crippen LogP contribution in [-0.2, 0) is 41.6 Å². The fourth-order valence-corrected chi connectivity index (χ4v) is 4.34. The van der Waals surface area contributed by atoms with Crippen molar-refractivity contribution in [1.82, 2.24) is 4.90 Å². The predicted molar refractivity (Wildman–Crippen MR) is 143 cm³/mol. The van der Waals surface area contributed by atoms with E-state index in [2.05, 4.69) is 17.0 Å². The van der Waals surface area contributed by atoms with E-state index < -0.39 is 18.1 Å². The SMILES string of the molecule is C[C@@H](OC[C@@H](C(=O)C1CC1)N(C)C(=O)[CH]Cc1ccc(N2CCOCC2)cc1)C(=O)OCc1ccccc1. The first-order chi connectivity index (χ1) is 18.4. The minimum absolute atomic E-state index is 0.0195. The number of amides is 1. The van der Waals surface area contributed by atoms with Crippen molar-refractivity contribution in [3.05, 3.63) is 72.1 Å². The molecule has 203 valence electrons. The van der Waals surface area contributed by atoms with Crippen molar-refractivity contribution in [1.29, 1.82) is 0 Å². The lowest BCUT2D eigenvalue weighted by atomic mass is 10.1. The van der Waals surface area contributed by atoms with Crippen molar-refractivity contribution in [3.63, 3.8) is 0 Å². The minimum atomic E-state index is -0.856. The van der Waals surface area contributed by atoms with Crippen LogP contribution >= 0.6 is 0 Å². The van der Waals surface area contributed by atoms with Crippen LogP contribution < -0.4 is 4.90 Å². The molecule has 1 radical (unpaired) electrons. The molecule has 1 aliphatic carbocycles. The third-order valence-corrected chi connectivity index (χ3v) is 7.01. The Balaban J connectivity index is 1.27. The lowest BCUT2D eigenvalue weighted by molar-refractivity contribution is -0.159. The predicted octanol–water partition coefficient (Wildman–Crippen LogP) is 3.22. The summed E-state index contributed by atoms with van der Waals surface area (Å²) in [5, 5.41) is 0. The number of benzene rings is 2. The molecule has 2 atom stereocenters. The first kappa shape index (κ1) is 27.8. The van der Waals surface area contributed by atoms with Crippen LogP contribution in [0.2, 0.25) is 0 Å². The van der Waals surface area contributed by atoms with Crippen molar-refractivity contribution in [2.75, 3.05) is 44.9 Å². The molecule has 1 heterocycles. The molecule has 1 saturated heterocycles. The van der Waals surface area contributed by atoms with Gasteiger partial charge in [0.25, 0.3) is 0 Å². The van der Waals surface area contributed by atoms with Crippen molar-refractivity contribution in [2.24, 2.45) is 5.92 Å². The van der Waals surface area contributed by atoms with Crippen molar-refractivity contribution in [3.8, 4) is 0 Å². The summed E-state index contributed by atoms with van der Waals surface area (Å²) >= 11 is 0. The molecule has 1 amide bonds. The summed E-state index contributed by atoms with van der Waals surface area (Å²) in [7, 11) is 1.62. The number of carbonyl (C=O) groups excluding carboxylic acids is 3. The summed E-state index contributed by atoms with van der Waals surface area (Å²) in [6, 6.07) is 16.8. The van der Waals surface area contributed by atoms with Crippen LogP contribution in [0.1, 0.15) is 30.9 Å². The molecule has 0 bridgehead atoms. The van der Waals surface area contributed by atoms with Gasteiger partial charge in [-0.3, -0.25) is 9.59 Å². The fraction of sp³-hybridized carbons (Fsp3) is 0.467. The highest BCUT2D eigenvalue weighted by molar-refractivity contribution is 5.94. The minimum Gasteiger partial charge on any atom is -0.459 e. The Kier molecular flexibility index (Phi) is 9.90. The van der Waals surface area contributed by atoms with E-state index in [0.29, 0.717) is 6.42 Å². The van der Waals surface area contributed by atoms with Crippen LogP contribution in [0, 0.1) is 12.3 Å². The lowest BCUT2D eigenvalue weighted by Crippen LogP contribution is -2.47. The summed E-state index contributed by atoms with van der Waals surface area (Å²) in [6.45, 7) is 4.90. The summed E-state index contributed by atoms with van der Waals surface area (Å²) in [5.74, 6) is -0.822. The molecule has 8 nitrogen and oxygen atoms in total. The molecular weight excluding hydrogens is 484 g/mol. The van der Waals surface area contributed by atoms with E-state index in [-0.39, 0.29) is 30.8 Å². The fourth-order valence-electron chi connectivity index (χ4n) is 4.34. The average Bonchev–Trinajstić information content (AvgIpc) is 3.81. The molecule has 2 fully saturated rings. The Hall–Kier alpha value is -3.23. The van der Waals surface area contributed by atoms with Crippen LogP contribution in [0.4, 0.5) is 5.69 Å². The van der Waals surface area contributed by atoms with E-state index in [0.717, 1.165) is 56.0 Å². The Morgan fingerprint density at radius 2 is 1.71 bits per heavy atom. The van der Waals surface area contributed by atoms with Crippen LogP contribution in [0.25, 0.3) is 0 Å². The second-order valence-corrected chi connectivity index (χ2v) is 9.88. The molecular formula is C30H37N2O6. The molecule has 8 heteroatoms. The number of nitrogens with zero attached hydrogens (tertiary/aromatic N) is 2. The number of ketones is 1. The molecule has 0 unspecified atom stereocenters. The molecule has 2 aliphatic rings. The van der Waals surface area contributed by atoms with Gasteiger partial charge in [-0.15, -0.1) is 0 Å². The zero-order valence-electron chi connectivity index (χ0n) is 22.2. The van der Waals surface area contributed by atoms with E-state index in [1.807, 2.05) is 42.5 Å². The van der Waals surface area contributed by atoms with Crippen LogP contribution in [0.15, 0.2) is 54.6 Å². The monoisotopic (exact) mass is 521 g/mol. The number of carbonyl (C=O) groups is 3. The Morgan fingerprint density at radius 1 is 1.03 bits per heavy atom. The van der Waals surface area contributed by atoms with E-state index in [1.54, 1.807) is 20.4 Å². The number of likely N-dealkylation sites (N-methyl/N-ethyl adjacent to an activating group) is 1. The number of hydrogen-bond donors (Lipinski definition) is 0. The van der Waals surface area contributed by atoms with Gasteiger partial charge in [0.15, 0.2) is 11.9 Å². The summed E-state index contributed by atoms with van der Waals surface area (Å²) < 4.78 is 16.5.